The zero-order valence-corrected chi connectivity index (χ0v) is 14.5. The number of methoxy groups -OCH3 is 1. The summed E-state index contributed by atoms with van der Waals surface area (Å²) in [6.45, 7) is 5.20. The van der Waals surface area contributed by atoms with Gasteiger partial charge in [0.2, 0.25) is 0 Å². The first-order valence-electron chi connectivity index (χ1n) is 7.80. The van der Waals surface area contributed by atoms with Crippen LogP contribution in [0, 0.1) is 11.6 Å². The molecule has 0 unspecified atom stereocenters. The Balaban J connectivity index is 2.13. The predicted octanol–water partition coefficient (Wildman–Crippen LogP) is 2.89. The van der Waals surface area contributed by atoms with Crippen molar-refractivity contribution in [2.75, 3.05) is 13.7 Å². The predicted molar refractivity (Wildman–Crippen MR) is 84.1 cm³/mol. The molecule has 0 aromatic heterocycles. The molecule has 0 bridgehead atoms. The second-order valence-electron chi connectivity index (χ2n) is 6.72. The Morgan fingerprint density at radius 2 is 1.88 bits per heavy atom. The van der Waals surface area contributed by atoms with Gasteiger partial charge in [0.25, 0.3) is 0 Å². The van der Waals surface area contributed by atoms with Crippen molar-refractivity contribution in [2.45, 2.75) is 44.9 Å². The molecule has 1 fully saturated rings. The van der Waals surface area contributed by atoms with Gasteiger partial charge < -0.3 is 14.2 Å². The number of carbonyl (C=O) groups is 2. The lowest BCUT2D eigenvalue weighted by Crippen LogP contribution is -2.44. The molecule has 1 aromatic carbocycles. The van der Waals surface area contributed by atoms with E-state index in [4.69, 9.17) is 14.2 Å². The maximum absolute atomic E-state index is 13.3. The summed E-state index contributed by atoms with van der Waals surface area (Å²) in [7, 11) is 1.22. The van der Waals surface area contributed by atoms with Crippen LogP contribution in [-0.2, 0) is 14.3 Å². The van der Waals surface area contributed by atoms with E-state index in [0.29, 0.717) is 0 Å². The normalized spacial score (nSPS) is 20.3. The highest BCUT2D eigenvalue weighted by Gasteiger charge is 2.43. The van der Waals surface area contributed by atoms with Crippen LogP contribution in [0.3, 0.4) is 0 Å². The number of nitrogens with zero attached hydrogens (tertiary/aromatic N) is 1. The van der Waals surface area contributed by atoms with Gasteiger partial charge in [0, 0.05) is 12.5 Å². The van der Waals surface area contributed by atoms with Crippen molar-refractivity contribution < 1.29 is 32.6 Å². The van der Waals surface area contributed by atoms with Gasteiger partial charge in [0.1, 0.15) is 23.5 Å². The lowest BCUT2D eigenvalue weighted by Gasteiger charge is -2.27. The number of hydrogen-bond acceptors (Lipinski definition) is 5. The molecule has 2 atom stereocenters. The van der Waals surface area contributed by atoms with Gasteiger partial charge in [-0.3, -0.25) is 4.90 Å². The van der Waals surface area contributed by atoms with E-state index >= 15 is 0 Å². The summed E-state index contributed by atoms with van der Waals surface area (Å²) in [4.78, 5) is 25.5. The molecule has 1 aliphatic heterocycles. The molecule has 138 valence electrons. The Morgan fingerprint density at radius 3 is 2.44 bits per heavy atom. The van der Waals surface area contributed by atoms with Gasteiger partial charge in [-0.15, -0.1) is 0 Å². The molecular formula is C17H21F2NO5. The Bertz CT molecular complexity index is 659. The lowest BCUT2D eigenvalue weighted by molar-refractivity contribution is -0.145. The van der Waals surface area contributed by atoms with Crippen LogP contribution in [0.4, 0.5) is 13.6 Å². The zero-order chi connectivity index (χ0) is 18.8. The number of rotatable bonds is 3. The lowest BCUT2D eigenvalue weighted by atomic mass is 10.2. The number of benzene rings is 1. The number of halogens is 2. The molecule has 0 N–H and O–H groups in total. The van der Waals surface area contributed by atoms with Crippen LogP contribution in [0.25, 0.3) is 0 Å². The van der Waals surface area contributed by atoms with Gasteiger partial charge in [-0.1, -0.05) is 0 Å². The maximum atomic E-state index is 13.3. The molecule has 1 saturated heterocycles. The Labute approximate surface area is 144 Å². The molecule has 1 heterocycles. The number of carbonyl (C=O) groups excluding carboxylic acids is 2. The summed E-state index contributed by atoms with van der Waals surface area (Å²) in [5, 5.41) is 0. The van der Waals surface area contributed by atoms with E-state index in [2.05, 4.69) is 0 Å². The van der Waals surface area contributed by atoms with Gasteiger partial charge in [-0.05, 0) is 32.9 Å². The van der Waals surface area contributed by atoms with Crippen LogP contribution in [0.2, 0.25) is 0 Å². The van der Waals surface area contributed by atoms with Crippen LogP contribution in [-0.4, -0.2) is 48.4 Å². The first-order valence-corrected chi connectivity index (χ1v) is 7.80. The summed E-state index contributed by atoms with van der Waals surface area (Å²) >= 11 is 0. The molecular weight excluding hydrogens is 336 g/mol. The van der Waals surface area contributed by atoms with Gasteiger partial charge in [0.15, 0.2) is 11.6 Å². The third kappa shape index (κ3) is 4.80. The van der Waals surface area contributed by atoms with E-state index < -0.39 is 41.4 Å². The number of amides is 1. The summed E-state index contributed by atoms with van der Waals surface area (Å²) in [6.07, 6.45) is -1.09. The topological polar surface area (TPSA) is 65.1 Å². The molecule has 0 saturated carbocycles. The van der Waals surface area contributed by atoms with Crippen LogP contribution in [0.5, 0.6) is 5.75 Å². The van der Waals surface area contributed by atoms with E-state index in [1.165, 1.54) is 18.1 Å². The monoisotopic (exact) mass is 357 g/mol. The third-order valence-corrected chi connectivity index (χ3v) is 3.56. The molecule has 0 spiro atoms. The molecule has 1 amide bonds. The molecule has 25 heavy (non-hydrogen) atoms. The summed E-state index contributed by atoms with van der Waals surface area (Å²) < 4.78 is 41.9. The minimum Gasteiger partial charge on any atom is -0.488 e. The zero-order valence-electron chi connectivity index (χ0n) is 14.5. The molecule has 1 aromatic rings. The van der Waals surface area contributed by atoms with E-state index in [1.807, 2.05) is 0 Å². The van der Waals surface area contributed by atoms with Crippen LogP contribution in [0.1, 0.15) is 27.2 Å². The smallest absolute Gasteiger partial charge is 0.411 e. The van der Waals surface area contributed by atoms with Crippen molar-refractivity contribution in [3.8, 4) is 5.75 Å². The summed E-state index contributed by atoms with van der Waals surface area (Å²) in [5.41, 5.74) is -0.725. The third-order valence-electron chi connectivity index (χ3n) is 3.56. The summed E-state index contributed by atoms with van der Waals surface area (Å²) in [6, 6.07) is 2.28. The summed E-state index contributed by atoms with van der Waals surface area (Å²) in [5.74, 6) is -2.51. The SMILES string of the molecule is COC(=O)[C@@H]1C[C@H](Oc2ccc(F)c(F)c2)CN1C(=O)OC(C)(C)C. The van der Waals surface area contributed by atoms with Crippen molar-refractivity contribution in [3.63, 3.8) is 0 Å². The van der Waals surface area contributed by atoms with Gasteiger partial charge in [-0.25, -0.2) is 18.4 Å². The fourth-order valence-electron chi connectivity index (χ4n) is 2.51. The largest absolute Gasteiger partial charge is 0.488 e. The van der Waals surface area contributed by atoms with Crippen molar-refractivity contribution >= 4 is 12.1 Å². The fraction of sp³-hybridized carbons (Fsp3) is 0.529. The van der Waals surface area contributed by atoms with Crippen molar-refractivity contribution in [2.24, 2.45) is 0 Å². The average molecular weight is 357 g/mol. The van der Waals surface area contributed by atoms with Gasteiger partial charge in [-0.2, -0.15) is 0 Å². The number of hydrogen-bond donors (Lipinski definition) is 0. The molecule has 8 heteroatoms. The Hall–Kier alpha value is -2.38. The number of ether oxygens (including phenoxy) is 3. The minimum atomic E-state index is -1.04. The minimum absolute atomic E-state index is 0.0632. The van der Waals surface area contributed by atoms with Crippen LogP contribution >= 0.6 is 0 Å². The van der Waals surface area contributed by atoms with Crippen LogP contribution in [0.15, 0.2) is 18.2 Å². The molecule has 1 aliphatic rings. The molecule has 2 rings (SSSR count). The quantitative estimate of drug-likeness (QED) is 0.779. The van der Waals surface area contributed by atoms with Gasteiger partial charge in [0.05, 0.1) is 13.7 Å². The Kier molecular flexibility index (Phi) is 5.49. The van der Waals surface area contributed by atoms with Crippen molar-refractivity contribution in [1.29, 1.82) is 0 Å². The maximum Gasteiger partial charge on any atom is 0.411 e. The van der Waals surface area contributed by atoms with Crippen LogP contribution < -0.4 is 4.74 Å². The Morgan fingerprint density at radius 1 is 1.20 bits per heavy atom. The number of likely N-dealkylation sites (tertiary alicyclic amines) is 1. The van der Waals surface area contributed by atoms with Crippen molar-refractivity contribution in [3.05, 3.63) is 29.8 Å². The first-order chi connectivity index (χ1) is 11.6. The van der Waals surface area contributed by atoms with Crippen molar-refractivity contribution in [1.82, 2.24) is 4.90 Å². The second kappa shape index (κ2) is 7.25. The average Bonchev–Trinajstić information content (AvgIpc) is 2.92. The fourth-order valence-corrected chi connectivity index (χ4v) is 2.51. The molecule has 6 nitrogen and oxygen atoms in total. The highest BCUT2D eigenvalue weighted by Crippen LogP contribution is 2.26. The van der Waals surface area contributed by atoms with E-state index in [1.54, 1.807) is 20.8 Å². The van der Waals surface area contributed by atoms with E-state index in [0.717, 1.165) is 12.1 Å². The highest BCUT2D eigenvalue weighted by atomic mass is 19.2. The second-order valence-corrected chi connectivity index (χ2v) is 6.72. The van der Waals surface area contributed by atoms with E-state index in [9.17, 15) is 18.4 Å². The standard InChI is InChI=1S/C17H21F2NO5/c1-17(2,3)25-16(22)20-9-11(8-14(20)15(21)23-4)24-10-5-6-12(18)13(19)7-10/h5-7,11,14H,8-9H2,1-4H3/t11-,14-/m0/s1. The number of esters is 1. The highest BCUT2D eigenvalue weighted by molar-refractivity contribution is 5.82. The van der Waals surface area contributed by atoms with Gasteiger partial charge >= 0.3 is 12.1 Å². The van der Waals surface area contributed by atoms with E-state index in [-0.39, 0.29) is 18.7 Å². The first kappa shape index (κ1) is 19.0. The molecule has 0 radical (unpaired) electrons. The molecule has 0 aliphatic carbocycles.